The van der Waals surface area contributed by atoms with Crippen LogP contribution in [-0.4, -0.2) is 19.7 Å². The third-order valence-corrected chi connectivity index (χ3v) is 4.28. The van der Waals surface area contributed by atoms with Gasteiger partial charge in [0.25, 0.3) is 0 Å². The van der Waals surface area contributed by atoms with Gasteiger partial charge in [0, 0.05) is 12.5 Å². The highest BCUT2D eigenvalue weighted by atomic mass is 32.2. The zero-order valence-electron chi connectivity index (χ0n) is 8.97. The molecule has 0 fully saturated rings. The van der Waals surface area contributed by atoms with Crippen molar-refractivity contribution in [1.82, 2.24) is 4.98 Å². The molecular formula is C11H11NO2S2. The number of hydrogen-bond donors (Lipinski definition) is 0. The molecular weight excluding hydrogens is 242 g/mol. The molecule has 16 heavy (non-hydrogen) atoms. The number of thiazole rings is 1. The molecule has 84 valence electrons. The Morgan fingerprint density at radius 2 is 1.81 bits per heavy atom. The normalized spacial score (nSPS) is 11.6. The summed E-state index contributed by atoms with van der Waals surface area (Å²) in [6, 6.07) is 6.87. The Balaban J connectivity index is 2.40. The first kappa shape index (κ1) is 11.3. The van der Waals surface area contributed by atoms with Crippen LogP contribution < -0.4 is 0 Å². The summed E-state index contributed by atoms with van der Waals surface area (Å²) in [6.45, 7) is 1.94. The number of hydrogen-bond acceptors (Lipinski definition) is 4. The van der Waals surface area contributed by atoms with Crippen LogP contribution in [-0.2, 0) is 9.84 Å². The number of aromatic nitrogens is 1. The highest BCUT2D eigenvalue weighted by Gasteiger charge is 2.07. The van der Waals surface area contributed by atoms with Crippen molar-refractivity contribution in [2.75, 3.05) is 6.26 Å². The van der Waals surface area contributed by atoms with Crippen molar-refractivity contribution in [2.45, 2.75) is 11.8 Å². The van der Waals surface area contributed by atoms with E-state index in [1.54, 1.807) is 29.7 Å². The fourth-order valence-corrected chi connectivity index (χ4v) is 2.77. The lowest BCUT2D eigenvalue weighted by molar-refractivity contribution is 0.602. The Bertz CT molecular complexity index is 597. The first-order chi connectivity index (χ1) is 7.47. The Morgan fingerprint density at radius 3 is 2.25 bits per heavy atom. The molecule has 0 bridgehead atoms. The van der Waals surface area contributed by atoms with E-state index in [0.717, 1.165) is 15.4 Å². The molecule has 0 spiro atoms. The van der Waals surface area contributed by atoms with Gasteiger partial charge in [0.2, 0.25) is 0 Å². The Morgan fingerprint density at radius 1 is 1.19 bits per heavy atom. The fraction of sp³-hybridized carbons (Fsp3) is 0.182. The van der Waals surface area contributed by atoms with E-state index in [1.165, 1.54) is 6.26 Å². The van der Waals surface area contributed by atoms with E-state index in [1.807, 2.05) is 19.1 Å². The summed E-state index contributed by atoms with van der Waals surface area (Å²) in [4.78, 5) is 5.56. The fourth-order valence-electron chi connectivity index (χ4n) is 1.36. The summed E-state index contributed by atoms with van der Waals surface area (Å²) >= 11 is 1.59. The highest BCUT2D eigenvalue weighted by Crippen LogP contribution is 2.26. The molecule has 0 aliphatic heterocycles. The number of nitrogens with zero attached hydrogens (tertiary/aromatic N) is 1. The summed E-state index contributed by atoms with van der Waals surface area (Å²) < 4.78 is 22.6. The lowest BCUT2D eigenvalue weighted by Gasteiger charge is -1.99. The van der Waals surface area contributed by atoms with Crippen LogP contribution >= 0.6 is 11.3 Å². The second-order valence-electron chi connectivity index (χ2n) is 3.54. The maximum atomic E-state index is 11.3. The molecule has 0 aliphatic carbocycles. The maximum Gasteiger partial charge on any atom is 0.175 e. The summed E-state index contributed by atoms with van der Waals surface area (Å²) in [5.41, 5.74) is 0.998. The van der Waals surface area contributed by atoms with Crippen molar-refractivity contribution >= 4 is 21.2 Å². The molecule has 0 amide bonds. The van der Waals surface area contributed by atoms with E-state index in [2.05, 4.69) is 4.98 Å². The Labute approximate surface area is 98.7 Å². The molecule has 5 heteroatoms. The predicted octanol–water partition coefficient (Wildman–Crippen LogP) is 2.52. The van der Waals surface area contributed by atoms with Gasteiger partial charge in [-0.05, 0) is 24.6 Å². The van der Waals surface area contributed by atoms with Crippen LogP contribution in [0, 0.1) is 6.92 Å². The molecule has 0 saturated carbocycles. The van der Waals surface area contributed by atoms with Gasteiger partial charge in [-0.1, -0.05) is 12.1 Å². The first-order valence-corrected chi connectivity index (χ1v) is 7.40. The zero-order chi connectivity index (χ0) is 11.8. The van der Waals surface area contributed by atoms with Crippen LogP contribution in [0.2, 0.25) is 0 Å². The van der Waals surface area contributed by atoms with E-state index in [0.29, 0.717) is 4.90 Å². The molecule has 0 radical (unpaired) electrons. The van der Waals surface area contributed by atoms with Crippen molar-refractivity contribution in [1.29, 1.82) is 0 Å². The van der Waals surface area contributed by atoms with Crippen LogP contribution in [0.15, 0.2) is 35.4 Å². The Hall–Kier alpha value is -1.20. The highest BCUT2D eigenvalue weighted by molar-refractivity contribution is 7.90. The minimum atomic E-state index is -3.11. The monoisotopic (exact) mass is 253 g/mol. The van der Waals surface area contributed by atoms with Crippen molar-refractivity contribution in [3.05, 3.63) is 35.5 Å². The second-order valence-corrected chi connectivity index (χ2v) is 6.79. The third-order valence-electron chi connectivity index (χ3n) is 2.19. The molecule has 3 nitrogen and oxygen atoms in total. The molecule has 0 unspecified atom stereocenters. The molecule has 0 N–H and O–H groups in total. The van der Waals surface area contributed by atoms with E-state index < -0.39 is 9.84 Å². The topological polar surface area (TPSA) is 47.0 Å². The van der Waals surface area contributed by atoms with Crippen LogP contribution in [0.1, 0.15) is 5.01 Å². The lowest BCUT2D eigenvalue weighted by atomic mass is 10.2. The largest absolute Gasteiger partial charge is 0.249 e. The third kappa shape index (κ3) is 2.31. The van der Waals surface area contributed by atoms with Gasteiger partial charge < -0.3 is 0 Å². The van der Waals surface area contributed by atoms with Gasteiger partial charge >= 0.3 is 0 Å². The van der Waals surface area contributed by atoms with Gasteiger partial charge in [-0.3, -0.25) is 0 Å². The van der Waals surface area contributed by atoms with Gasteiger partial charge in [0.05, 0.1) is 14.8 Å². The number of aryl methyl sites for hydroxylation is 1. The molecule has 1 aromatic carbocycles. The predicted molar refractivity (Wildman–Crippen MR) is 65.4 cm³/mol. The van der Waals surface area contributed by atoms with Crippen LogP contribution in [0.3, 0.4) is 0 Å². The van der Waals surface area contributed by atoms with E-state index in [9.17, 15) is 8.42 Å². The van der Waals surface area contributed by atoms with Crippen molar-refractivity contribution in [2.24, 2.45) is 0 Å². The van der Waals surface area contributed by atoms with E-state index in [-0.39, 0.29) is 0 Å². The Kier molecular flexibility index (Phi) is 2.82. The SMILES string of the molecule is Cc1ncc(-c2ccc(S(C)(=O)=O)cc2)s1. The van der Waals surface area contributed by atoms with Crippen molar-refractivity contribution in [3.63, 3.8) is 0 Å². The average molecular weight is 253 g/mol. The first-order valence-electron chi connectivity index (χ1n) is 4.70. The molecule has 1 aromatic heterocycles. The van der Waals surface area contributed by atoms with E-state index in [4.69, 9.17) is 0 Å². The maximum absolute atomic E-state index is 11.3. The molecule has 2 rings (SSSR count). The van der Waals surface area contributed by atoms with Gasteiger partial charge in [0.1, 0.15) is 0 Å². The summed E-state index contributed by atoms with van der Waals surface area (Å²) in [5.74, 6) is 0. The summed E-state index contributed by atoms with van der Waals surface area (Å²) in [5, 5.41) is 1.00. The quantitative estimate of drug-likeness (QED) is 0.826. The second kappa shape index (κ2) is 3.99. The number of rotatable bonds is 2. The molecule has 2 aromatic rings. The molecule has 0 saturated heterocycles. The number of sulfone groups is 1. The van der Waals surface area contributed by atoms with Gasteiger partial charge in [-0.15, -0.1) is 11.3 Å². The van der Waals surface area contributed by atoms with Crippen molar-refractivity contribution < 1.29 is 8.42 Å². The van der Waals surface area contributed by atoms with Crippen LogP contribution in [0.4, 0.5) is 0 Å². The lowest BCUT2D eigenvalue weighted by Crippen LogP contribution is -1.95. The van der Waals surface area contributed by atoms with Crippen molar-refractivity contribution in [3.8, 4) is 10.4 Å². The van der Waals surface area contributed by atoms with Gasteiger partial charge in [0.15, 0.2) is 9.84 Å². The summed E-state index contributed by atoms with van der Waals surface area (Å²) in [7, 11) is -3.11. The summed E-state index contributed by atoms with van der Waals surface area (Å²) in [6.07, 6.45) is 3.01. The minimum absolute atomic E-state index is 0.345. The van der Waals surface area contributed by atoms with Crippen LogP contribution in [0.25, 0.3) is 10.4 Å². The van der Waals surface area contributed by atoms with Gasteiger partial charge in [-0.25, -0.2) is 13.4 Å². The van der Waals surface area contributed by atoms with Gasteiger partial charge in [-0.2, -0.15) is 0 Å². The molecule has 1 heterocycles. The smallest absolute Gasteiger partial charge is 0.175 e. The molecule has 0 atom stereocenters. The average Bonchev–Trinajstić information content (AvgIpc) is 2.64. The standard InChI is InChI=1S/C11H11NO2S2/c1-8-12-7-11(15-8)9-3-5-10(6-4-9)16(2,13)14/h3-7H,1-2H3. The zero-order valence-corrected chi connectivity index (χ0v) is 10.6. The molecule has 0 aliphatic rings. The van der Waals surface area contributed by atoms with E-state index >= 15 is 0 Å². The number of benzene rings is 1. The van der Waals surface area contributed by atoms with Crippen LogP contribution in [0.5, 0.6) is 0 Å². The minimum Gasteiger partial charge on any atom is -0.249 e.